The SMILES string of the molecule is CNC(=O)CN1CCN(C(=O)Nc2cnns2)CC1. The van der Waals surface area contributed by atoms with E-state index < -0.39 is 0 Å². The van der Waals surface area contributed by atoms with Crippen LogP contribution in [0, 0.1) is 0 Å². The van der Waals surface area contributed by atoms with E-state index in [4.69, 9.17) is 0 Å². The Bertz CT molecular complexity index is 429. The average Bonchev–Trinajstić information content (AvgIpc) is 2.92. The van der Waals surface area contributed by atoms with Crippen LogP contribution in [0.1, 0.15) is 0 Å². The van der Waals surface area contributed by atoms with Gasteiger partial charge in [-0.05, 0) is 0 Å². The van der Waals surface area contributed by atoms with Gasteiger partial charge in [-0.2, -0.15) is 0 Å². The number of hydrogen-bond donors (Lipinski definition) is 2. The van der Waals surface area contributed by atoms with Crippen molar-refractivity contribution >= 4 is 28.5 Å². The zero-order valence-corrected chi connectivity index (χ0v) is 11.4. The van der Waals surface area contributed by atoms with Crippen molar-refractivity contribution in [1.82, 2.24) is 24.7 Å². The standard InChI is InChI=1S/C10H16N6O2S/c1-11-8(17)7-15-2-4-16(5-3-15)10(18)13-9-6-12-14-19-9/h6H,2-5,7H2,1H3,(H,11,17)(H,13,18). The van der Waals surface area contributed by atoms with E-state index in [9.17, 15) is 9.59 Å². The fourth-order valence-corrected chi connectivity index (χ4v) is 2.21. The molecule has 8 nitrogen and oxygen atoms in total. The molecule has 2 N–H and O–H groups in total. The number of piperazine rings is 1. The first-order valence-electron chi connectivity index (χ1n) is 5.95. The van der Waals surface area contributed by atoms with Gasteiger partial charge in [0.05, 0.1) is 12.7 Å². The van der Waals surface area contributed by atoms with Gasteiger partial charge in [-0.1, -0.05) is 4.49 Å². The molecular formula is C10H16N6O2S. The average molecular weight is 284 g/mol. The second-order valence-corrected chi connectivity index (χ2v) is 4.93. The van der Waals surface area contributed by atoms with Gasteiger partial charge >= 0.3 is 6.03 Å². The first kappa shape index (κ1) is 13.7. The summed E-state index contributed by atoms with van der Waals surface area (Å²) < 4.78 is 3.68. The molecule has 0 aromatic carbocycles. The van der Waals surface area contributed by atoms with E-state index >= 15 is 0 Å². The van der Waals surface area contributed by atoms with Gasteiger partial charge in [0, 0.05) is 44.8 Å². The lowest BCUT2D eigenvalue weighted by atomic mass is 10.3. The van der Waals surface area contributed by atoms with Crippen LogP contribution in [0.3, 0.4) is 0 Å². The number of aromatic nitrogens is 2. The largest absolute Gasteiger partial charge is 0.358 e. The van der Waals surface area contributed by atoms with E-state index in [-0.39, 0.29) is 11.9 Å². The van der Waals surface area contributed by atoms with Gasteiger partial charge in [-0.25, -0.2) is 4.79 Å². The Morgan fingerprint density at radius 1 is 1.37 bits per heavy atom. The first-order chi connectivity index (χ1) is 9.19. The lowest BCUT2D eigenvalue weighted by Gasteiger charge is -2.33. The molecule has 104 valence electrons. The number of likely N-dealkylation sites (N-methyl/N-ethyl adjacent to an activating group) is 1. The summed E-state index contributed by atoms with van der Waals surface area (Å²) >= 11 is 1.14. The molecule has 1 aliphatic rings. The molecule has 0 radical (unpaired) electrons. The van der Waals surface area contributed by atoms with Gasteiger partial charge in [0.15, 0.2) is 0 Å². The topological polar surface area (TPSA) is 90.5 Å². The molecule has 0 aliphatic carbocycles. The predicted molar refractivity (Wildman–Crippen MR) is 71.0 cm³/mol. The predicted octanol–water partition coefficient (Wildman–Crippen LogP) is -0.566. The van der Waals surface area contributed by atoms with E-state index in [0.29, 0.717) is 37.7 Å². The Balaban J connectivity index is 1.76. The number of anilines is 1. The molecule has 1 aromatic rings. The number of carbonyl (C=O) groups is 2. The van der Waals surface area contributed by atoms with E-state index in [1.807, 2.05) is 4.90 Å². The van der Waals surface area contributed by atoms with Crippen LogP contribution in [0.25, 0.3) is 0 Å². The molecule has 9 heteroatoms. The molecular weight excluding hydrogens is 268 g/mol. The molecule has 1 aromatic heterocycles. The summed E-state index contributed by atoms with van der Waals surface area (Å²) in [6, 6.07) is -0.148. The van der Waals surface area contributed by atoms with Crippen molar-refractivity contribution in [3.05, 3.63) is 6.20 Å². The van der Waals surface area contributed by atoms with E-state index in [2.05, 4.69) is 20.2 Å². The minimum Gasteiger partial charge on any atom is -0.358 e. The maximum atomic E-state index is 11.9. The fraction of sp³-hybridized carbons (Fsp3) is 0.600. The minimum absolute atomic E-state index is 0.00589. The van der Waals surface area contributed by atoms with Crippen molar-refractivity contribution in [2.45, 2.75) is 0 Å². The molecule has 1 saturated heterocycles. The zero-order valence-electron chi connectivity index (χ0n) is 10.6. The molecule has 0 saturated carbocycles. The molecule has 2 rings (SSSR count). The number of nitrogens with one attached hydrogen (secondary N) is 2. The van der Waals surface area contributed by atoms with Gasteiger partial charge in [-0.15, -0.1) is 5.10 Å². The number of nitrogens with zero attached hydrogens (tertiary/aromatic N) is 4. The maximum Gasteiger partial charge on any atom is 0.322 e. The summed E-state index contributed by atoms with van der Waals surface area (Å²) in [7, 11) is 1.62. The summed E-state index contributed by atoms with van der Waals surface area (Å²) in [6.45, 7) is 2.98. The van der Waals surface area contributed by atoms with E-state index in [1.54, 1.807) is 11.9 Å². The zero-order chi connectivity index (χ0) is 13.7. The monoisotopic (exact) mass is 284 g/mol. The number of urea groups is 1. The summed E-state index contributed by atoms with van der Waals surface area (Å²) in [5, 5.41) is 9.63. The highest BCUT2D eigenvalue weighted by molar-refractivity contribution is 7.10. The Morgan fingerprint density at radius 3 is 2.68 bits per heavy atom. The molecule has 0 atom stereocenters. The lowest BCUT2D eigenvalue weighted by Crippen LogP contribution is -2.51. The van der Waals surface area contributed by atoms with Crippen molar-refractivity contribution < 1.29 is 9.59 Å². The maximum absolute atomic E-state index is 11.9. The Hall–Kier alpha value is -1.74. The Kier molecular flexibility index (Phi) is 4.63. The quantitative estimate of drug-likeness (QED) is 0.776. The smallest absolute Gasteiger partial charge is 0.322 e. The Morgan fingerprint density at radius 2 is 2.11 bits per heavy atom. The number of carbonyl (C=O) groups excluding carboxylic acids is 2. The second-order valence-electron chi connectivity index (χ2n) is 4.15. The van der Waals surface area contributed by atoms with Crippen molar-refractivity contribution in [3.63, 3.8) is 0 Å². The minimum atomic E-state index is -0.148. The summed E-state index contributed by atoms with van der Waals surface area (Å²) in [6.07, 6.45) is 1.52. The molecule has 19 heavy (non-hydrogen) atoms. The highest BCUT2D eigenvalue weighted by Crippen LogP contribution is 2.11. The van der Waals surface area contributed by atoms with Crippen molar-refractivity contribution in [3.8, 4) is 0 Å². The van der Waals surface area contributed by atoms with Crippen molar-refractivity contribution in [1.29, 1.82) is 0 Å². The summed E-state index contributed by atoms with van der Waals surface area (Å²) in [5.41, 5.74) is 0. The van der Waals surface area contributed by atoms with Crippen molar-refractivity contribution in [2.75, 3.05) is 45.1 Å². The van der Waals surface area contributed by atoms with Crippen LogP contribution in [0.2, 0.25) is 0 Å². The van der Waals surface area contributed by atoms with Gasteiger partial charge in [0.25, 0.3) is 0 Å². The van der Waals surface area contributed by atoms with Crippen molar-refractivity contribution in [2.24, 2.45) is 0 Å². The van der Waals surface area contributed by atoms with Crippen LogP contribution in [-0.2, 0) is 4.79 Å². The third-order valence-electron chi connectivity index (χ3n) is 2.90. The van der Waals surface area contributed by atoms with Crippen LogP contribution in [0.4, 0.5) is 9.80 Å². The van der Waals surface area contributed by atoms with Crippen LogP contribution < -0.4 is 10.6 Å². The third kappa shape index (κ3) is 3.86. The number of amides is 3. The molecule has 0 bridgehead atoms. The Labute approximate surface area is 114 Å². The van der Waals surface area contributed by atoms with Gasteiger partial charge in [-0.3, -0.25) is 15.0 Å². The normalized spacial score (nSPS) is 16.2. The summed E-state index contributed by atoms with van der Waals surface area (Å²) in [4.78, 5) is 26.9. The molecule has 0 unspecified atom stereocenters. The molecule has 0 spiro atoms. The summed E-state index contributed by atoms with van der Waals surface area (Å²) in [5.74, 6) is -0.00589. The van der Waals surface area contributed by atoms with Crippen LogP contribution in [0.15, 0.2) is 6.20 Å². The molecule has 1 aliphatic heterocycles. The number of rotatable bonds is 3. The van der Waals surface area contributed by atoms with Crippen LogP contribution in [0.5, 0.6) is 0 Å². The highest BCUT2D eigenvalue weighted by Gasteiger charge is 2.22. The molecule has 3 amide bonds. The first-order valence-corrected chi connectivity index (χ1v) is 6.72. The van der Waals surface area contributed by atoms with E-state index in [0.717, 1.165) is 11.5 Å². The van der Waals surface area contributed by atoms with Gasteiger partial charge in [0.1, 0.15) is 5.00 Å². The van der Waals surface area contributed by atoms with Gasteiger partial charge < -0.3 is 10.2 Å². The fourth-order valence-electron chi connectivity index (χ4n) is 1.80. The second kappa shape index (κ2) is 6.43. The third-order valence-corrected chi connectivity index (χ3v) is 3.48. The number of hydrogen-bond acceptors (Lipinski definition) is 6. The molecule has 2 heterocycles. The molecule has 1 fully saturated rings. The van der Waals surface area contributed by atoms with E-state index in [1.165, 1.54) is 6.20 Å². The highest BCUT2D eigenvalue weighted by atomic mass is 32.1. The van der Waals surface area contributed by atoms with Gasteiger partial charge in [0.2, 0.25) is 5.91 Å². The van der Waals surface area contributed by atoms with Crippen LogP contribution in [-0.4, -0.2) is 71.1 Å². The lowest BCUT2D eigenvalue weighted by molar-refractivity contribution is -0.122. The van der Waals surface area contributed by atoms with Crippen LogP contribution >= 0.6 is 11.5 Å².